The Bertz CT molecular complexity index is 366. The molecule has 0 unspecified atom stereocenters. The number of carboxylic acids is 1. The van der Waals surface area contributed by atoms with Crippen LogP contribution >= 0.6 is 0 Å². The molecule has 1 aromatic rings. The second-order valence-corrected chi connectivity index (χ2v) is 3.41. The van der Waals surface area contributed by atoms with Crippen molar-refractivity contribution in [3.63, 3.8) is 0 Å². The summed E-state index contributed by atoms with van der Waals surface area (Å²) in [6.07, 6.45) is 0. The number of halogens is 1. The lowest BCUT2D eigenvalue weighted by Crippen LogP contribution is -2.18. The fraction of sp³-hybridized carbons (Fsp3) is 0.364. The van der Waals surface area contributed by atoms with Crippen LogP contribution in [0.1, 0.15) is 22.8 Å². The summed E-state index contributed by atoms with van der Waals surface area (Å²) in [7, 11) is 1.85. The van der Waals surface area contributed by atoms with Crippen molar-refractivity contribution >= 4 is 5.97 Å². The van der Waals surface area contributed by atoms with Crippen molar-refractivity contribution in [3.05, 3.63) is 35.1 Å². The molecular formula is C11H14FNO2. The Hall–Kier alpha value is -1.42. The minimum Gasteiger partial charge on any atom is -0.478 e. The molecule has 0 aliphatic heterocycles. The molecule has 1 aromatic carbocycles. The first-order chi connectivity index (χ1) is 7.06. The summed E-state index contributed by atoms with van der Waals surface area (Å²) in [6.45, 7) is 3.17. The van der Waals surface area contributed by atoms with E-state index >= 15 is 0 Å². The van der Waals surface area contributed by atoms with E-state index in [0.717, 1.165) is 6.54 Å². The summed E-state index contributed by atoms with van der Waals surface area (Å²) in [6, 6.07) is 4.44. The van der Waals surface area contributed by atoms with Gasteiger partial charge in [-0.25, -0.2) is 9.18 Å². The minimum atomic E-state index is -1.23. The molecule has 0 aromatic heterocycles. The standard InChI is InChI=1S/C11H14FNO2/c1-3-13(2)7-8-5-4-6-9(10(8)12)11(14)15/h4-6H,3,7H2,1-2H3,(H,14,15). The third-order valence-corrected chi connectivity index (χ3v) is 2.29. The molecule has 82 valence electrons. The lowest BCUT2D eigenvalue weighted by molar-refractivity contribution is 0.0691. The van der Waals surface area contributed by atoms with Gasteiger partial charge in [-0.15, -0.1) is 0 Å². The third kappa shape index (κ3) is 2.76. The molecule has 0 atom stereocenters. The van der Waals surface area contributed by atoms with Gasteiger partial charge in [-0.2, -0.15) is 0 Å². The molecule has 3 nitrogen and oxygen atoms in total. The van der Waals surface area contributed by atoms with Crippen LogP contribution < -0.4 is 0 Å². The maximum atomic E-state index is 13.6. The highest BCUT2D eigenvalue weighted by atomic mass is 19.1. The molecule has 15 heavy (non-hydrogen) atoms. The maximum Gasteiger partial charge on any atom is 0.338 e. The van der Waals surface area contributed by atoms with E-state index in [-0.39, 0.29) is 5.56 Å². The smallest absolute Gasteiger partial charge is 0.338 e. The summed E-state index contributed by atoms with van der Waals surface area (Å²) < 4.78 is 13.6. The van der Waals surface area contributed by atoms with Gasteiger partial charge in [0.05, 0.1) is 5.56 Å². The number of aromatic carboxylic acids is 1. The van der Waals surface area contributed by atoms with E-state index < -0.39 is 11.8 Å². The van der Waals surface area contributed by atoms with Gasteiger partial charge >= 0.3 is 5.97 Å². The van der Waals surface area contributed by atoms with Crippen LogP contribution in [0.5, 0.6) is 0 Å². The highest BCUT2D eigenvalue weighted by Crippen LogP contribution is 2.14. The second-order valence-electron chi connectivity index (χ2n) is 3.41. The zero-order valence-electron chi connectivity index (χ0n) is 8.83. The highest BCUT2D eigenvalue weighted by Gasteiger charge is 2.13. The topological polar surface area (TPSA) is 40.5 Å². The first kappa shape index (κ1) is 11.7. The molecule has 0 aliphatic carbocycles. The van der Waals surface area contributed by atoms with Gasteiger partial charge in [0.2, 0.25) is 0 Å². The fourth-order valence-electron chi connectivity index (χ4n) is 1.27. The number of nitrogens with zero attached hydrogens (tertiary/aromatic N) is 1. The highest BCUT2D eigenvalue weighted by molar-refractivity contribution is 5.88. The SMILES string of the molecule is CCN(C)Cc1cccc(C(=O)O)c1F. The van der Waals surface area contributed by atoms with Gasteiger partial charge in [0.1, 0.15) is 5.82 Å². The molecule has 0 aliphatic rings. The van der Waals surface area contributed by atoms with E-state index in [1.54, 1.807) is 12.1 Å². The van der Waals surface area contributed by atoms with Crippen LogP contribution in [0.4, 0.5) is 4.39 Å². The summed E-state index contributed by atoms with van der Waals surface area (Å²) in [5.74, 6) is -1.86. The number of hydrogen-bond donors (Lipinski definition) is 1. The van der Waals surface area contributed by atoms with Crippen LogP contribution in [0.2, 0.25) is 0 Å². The van der Waals surface area contributed by atoms with Gasteiger partial charge in [0, 0.05) is 12.1 Å². The normalized spacial score (nSPS) is 10.7. The summed E-state index contributed by atoms with van der Waals surface area (Å²) in [5.41, 5.74) is 0.149. The van der Waals surface area contributed by atoms with Crippen LogP contribution in [-0.4, -0.2) is 29.6 Å². The second kappa shape index (κ2) is 4.89. The third-order valence-electron chi connectivity index (χ3n) is 2.29. The van der Waals surface area contributed by atoms with Gasteiger partial charge in [-0.05, 0) is 19.7 Å². The molecule has 1 N–H and O–H groups in total. The van der Waals surface area contributed by atoms with E-state index in [4.69, 9.17) is 5.11 Å². The molecule has 4 heteroatoms. The Balaban J connectivity index is 2.99. The van der Waals surface area contributed by atoms with E-state index in [0.29, 0.717) is 12.1 Å². The predicted molar refractivity (Wildman–Crippen MR) is 55.4 cm³/mol. The average molecular weight is 211 g/mol. The summed E-state index contributed by atoms with van der Waals surface area (Å²) in [5, 5.41) is 8.73. The van der Waals surface area contributed by atoms with Crippen molar-refractivity contribution in [2.24, 2.45) is 0 Å². The van der Waals surface area contributed by atoms with Gasteiger partial charge in [0.15, 0.2) is 0 Å². The quantitative estimate of drug-likeness (QED) is 0.827. The van der Waals surface area contributed by atoms with E-state index in [9.17, 15) is 9.18 Å². The van der Waals surface area contributed by atoms with Crippen LogP contribution in [0.3, 0.4) is 0 Å². The molecular weight excluding hydrogens is 197 g/mol. The number of carbonyl (C=O) groups is 1. The molecule has 1 rings (SSSR count). The van der Waals surface area contributed by atoms with Gasteiger partial charge < -0.3 is 10.0 Å². The van der Waals surface area contributed by atoms with Gasteiger partial charge in [-0.3, -0.25) is 0 Å². The number of hydrogen-bond acceptors (Lipinski definition) is 2. The first-order valence-electron chi connectivity index (χ1n) is 4.75. The lowest BCUT2D eigenvalue weighted by atomic mass is 10.1. The zero-order valence-corrected chi connectivity index (χ0v) is 8.83. The Morgan fingerprint density at radius 2 is 2.20 bits per heavy atom. The largest absolute Gasteiger partial charge is 0.478 e. The van der Waals surface area contributed by atoms with Crippen molar-refractivity contribution in [2.75, 3.05) is 13.6 Å². The summed E-state index contributed by atoms with van der Waals surface area (Å²) >= 11 is 0. The monoisotopic (exact) mass is 211 g/mol. The van der Waals surface area contributed by atoms with Crippen molar-refractivity contribution in [1.82, 2.24) is 4.90 Å². The summed E-state index contributed by atoms with van der Waals surface area (Å²) in [4.78, 5) is 12.6. The average Bonchev–Trinajstić information content (AvgIpc) is 2.20. The fourth-order valence-corrected chi connectivity index (χ4v) is 1.27. The van der Waals surface area contributed by atoms with E-state index in [1.807, 2.05) is 18.9 Å². The molecule has 0 heterocycles. The Labute approximate surface area is 88.1 Å². The Kier molecular flexibility index (Phi) is 3.80. The molecule has 0 bridgehead atoms. The first-order valence-corrected chi connectivity index (χ1v) is 4.75. The van der Waals surface area contributed by atoms with Crippen molar-refractivity contribution in [2.45, 2.75) is 13.5 Å². The molecule has 0 saturated heterocycles. The Morgan fingerprint density at radius 3 is 2.73 bits per heavy atom. The van der Waals surface area contributed by atoms with Crippen LogP contribution in [-0.2, 0) is 6.54 Å². The van der Waals surface area contributed by atoms with Gasteiger partial charge in [0.25, 0.3) is 0 Å². The van der Waals surface area contributed by atoms with Crippen molar-refractivity contribution in [1.29, 1.82) is 0 Å². The zero-order chi connectivity index (χ0) is 11.4. The Morgan fingerprint density at radius 1 is 1.53 bits per heavy atom. The van der Waals surface area contributed by atoms with Crippen LogP contribution in [0.25, 0.3) is 0 Å². The molecule has 0 fully saturated rings. The number of carboxylic acid groups (broad SMARTS) is 1. The number of rotatable bonds is 4. The predicted octanol–water partition coefficient (Wildman–Crippen LogP) is 1.98. The number of benzene rings is 1. The molecule has 0 spiro atoms. The molecule has 0 radical (unpaired) electrons. The van der Waals surface area contributed by atoms with Crippen LogP contribution in [0, 0.1) is 5.82 Å². The molecule has 0 saturated carbocycles. The van der Waals surface area contributed by atoms with Gasteiger partial charge in [-0.1, -0.05) is 19.1 Å². The van der Waals surface area contributed by atoms with E-state index in [2.05, 4.69) is 0 Å². The maximum absolute atomic E-state index is 13.6. The minimum absolute atomic E-state index is 0.267. The van der Waals surface area contributed by atoms with Crippen LogP contribution in [0.15, 0.2) is 18.2 Å². The van der Waals surface area contributed by atoms with E-state index in [1.165, 1.54) is 6.07 Å². The lowest BCUT2D eigenvalue weighted by Gasteiger charge is -2.14. The van der Waals surface area contributed by atoms with Crippen molar-refractivity contribution in [3.8, 4) is 0 Å². The van der Waals surface area contributed by atoms with Crippen molar-refractivity contribution < 1.29 is 14.3 Å². The molecule has 0 amide bonds.